The van der Waals surface area contributed by atoms with Crippen LogP contribution in [0.2, 0.25) is 0 Å². The number of nitrogens with zero attached hydrogens (tertiary/aromatic N) is 2. The third-order valence-electron chi connectivity index (χ3n) is 3.44. The first-order valence-electron chi connectivity index (χ1n) is 6.05. The lowest BCUT2D eigenvalue weighted by Gasteiger charge is -2.16. The summed E-state index contributed by atoms with van der Waals surface area (Å²) < 4.78 is 5.68. The molecule has 2 aliphatic rings. The molecule has 3 atom stereocenters. The molecule has 3 unspecified atom stereocenters. The van der Waals surface area contributed by atoms with E-state index in [1.165, 1.54) is 11.3 Å². The Balaban J connectivity index is 1.63. The van der Waals surface area contributed by atoms with E-state index in [2.05, 4.69) is 15.5 Å². The zero-order chi connectivity index (χ0) is 11.8. The van der Waals surface area contributed by atoms with Crippen molar-refractivity contribution in [2.75, 3.05) is 5.32 Å². The molecule has 5 nitrogen and oxygen atoms in total. The van der Waals surface area contributed by atoms with Gasteiger partial charge in [-0.05, 0) is 25.7 Å². The maximum atomic E-state index is 12.0. The average Bonchev–Trinajstić information content (AvgIpc) is 3.04. The van der Waals surface area contributed by atoms with Gasteiger partial charge in [-0.1, -0.05) is 18.3 Å². The van der Waals surface area contributed by atoms with E-state index < -0.39 is 0 Å². The van der Waals surface area contributed by atoms with Crippen molar-refractivity contribution in [2.24, 2.45) is 5.92 Å². The summed E-state index contributed by atoms with van der Waals surface area (Å²) in [7, 11) is 0. The lowest BCUT2D eigenvalue weighted by molar-refractivity contribution is -0.121. The molecule has 3 heterocycles. The van der Waals surface area contributed by atoms with Gasteiger partial charge in [0.25, 0.3) is 0 Å². The van der Waals surface area contributed by atoms with Gasteiger partial charge in [0, 0.05) is 0 Å². The molecule has 2 bridgehead atoms. The fourth-order valence-corrected chi connectivity index (χ4v) is 3.24. The molecular weight excluding hydrogens is 238 g/mol. The number of carbonyl (C=O) groups excluding carboxylic acids is 1. The molecule has 1 amide bonds. The van der Waals surface area contributed by atoms with Crippen LogP contribution in [0.1, 0.15) is 31.2 Å². The summed E-state index contributed by atoms with van der Waals surface area (Å²) in [6.45, 7) is 2.02. The number of fused-ring (bicyclic) bond motifs is 2. The number of carbonyl (C=O) groups is 1. The fourth-order valence-electron chi connectivity index (χ4n) is 2.56. The smallest absolute Gasteiger partial charge is 0.232 e. The molecule has 0 aromatic carbocycles. The van der Waals surface area contributed by atoms with Gasteiger partial charge < -0.3 is 10.1 Å². The summed E-state index contributed by atoms with van der Waals surface area (Å²) in [6, 6.07) is 0. The first kappa shape index (κ1) is 11.1. The third kappa shape index (κ3) is 2.07. The molecule has 1 N–H and O–H groups in total. The lowest BCUT2D eigenvalue weighted by atomic mass is 9.89. The third-order valence-corrected chi connectivity index (χ3v) is 4.43. The predicted octanol–water partition coefficient (Wildman–Crippen LogP) is 1.61. The van der Waals surface area contributed by atoms with Gasteiger partial charge in [-0.3, -0.25) is 4.79 Å². The molecule has 1 aromatic rings. The highest BCUT2D eigenvalue weighted by atomic mass is 32.1. The van der Waals surface area contributed by atoms with E-state index in [0.717, 1.165) is 30.7 Å². The van der Waals surface area contributed by atoms with Crippen LogP contribution in [-0.2, 0) is 16.0 Å². The Bertz CT molecular complexity index is 434. The Morgan fingerprint density at radius 2 is 2.41 bits per heavy atom. The SMILES string of the molecule is CCc1nnc(NC(=O)C2CC3CCC2O3)s1. The standard InChI is InChI=1S/C11H15N3O2S/c1-2-9-13-14-11(17-9)12-10(15)7-5-6-3-4-8(7)16-6/h6-8H,2-5H2,1H3,(H,12,14,15). The molecule has 2 aliphatic heterocycles. The number of aromatic nitrogens is 2. The summed E-state index contributed by atoms with van der Waals surface area (Å²) in [5.41, 5.74) is 0. The normalized spacial score (nSPS) is 30.8. The van der Waals surface area contributed by atoms with E-state index in [1.807, 2.05) is 6.92 Å². The number of ether oxygens (including phenoxy) is 1. The minimum atomic E-state index is 0.00252. The van der Waals surface area contributed by atoms with Gasteiger partial charge in [-0.2, -0.15) is 0 Å². The van der Waals surface area contributed by atoms with Crippen molar-refractivity contribution in [1.29, 1.82) is 0 Å². The number of anilines is 1. The number of hydrogen-bond acceptors (Lipinski definition) is 5. The van der Waals surface area contributed by atoms with Gasteiger partial charge in [0.2, 0.25) is 11.0 Å². The molecule has 92 valence electrons. The zero-order valence-electron chi connectivity index (χ0n) is 9.68. The van der Waals surface area contributed by atoms with E-state index >= 15 is 0 Å². The summed E-state index contributed by atoms with van der Waals surface area (Å²) in [5, 5.41) is 12.3. The van der Waals surface area contributed by atoms with E-state index in [4.69, 9.17) is 4.74 Å². The Morgan fingerprint density at radius 1 is 1.53 bits per heavy atom. The fraction of sp³-hybridized carbons (Fsp3) is 0.727. The Hall–Kier alpha value is -1.01. The van der Waals surface area contributed by atoms with Gasteiger partial charge in [0.1, 0.15) is 5.01 Å². The quantitative estimate of drug-likeness (QED) is 0.888. The average molecular weight is 253 g/mol. The summed E-state index contributed by atoms with van der Waals surface area (Å²) in [6.07, 6.45) is 4.25. The number of rotatable bonds is 3. The molecule has 0 saturated carbocycles. The van der Waals surface area contributed by atoms with E-state index in [-0.39, 0.29) is 17.9 Å². The molecule has 0 spiro atoms. The van der Waals surface area contributed by atoms with Crippen molar-refractivity contribution in [3.63, 3.8) is 0 Å². The van der Waals surface area contributed by atoms with E-state index in [0.29, 0.717) is 11.2 Å². The van der Waals surface area contributed by atoms with Crippen molar-refractivity contribution < 1.29 is 9.53 Å². The maximum Gasteiger partial charge on any atom is 0.232 e. The number of nitrogens with one attached hydrogen (secondary N) is 1. The van der Waals surface area contributed by atoms with Crippen molar-refractivity contribution in [3.05, 3.63) is 5.01 Å². The molecule has 17 heavy (non-hydrogen) atoms. The Labute approximate surface area is 104 Å². The molecule has 0 radical (unpaired) electrons. The highest BCUT2D eigenvalue weighted by molar-refractivity contribution is 7.15. The van der Waals surface area contributed by atoms with Crippen LogP contribution in [0.25, 0.3) is 0 Å². The Kier molecular flexibility index (Phi) is 2.84. The first-order valence-corrected chi connectivity index (χ1v) is 6.86. The molecule has 2 saturated heterocycles. The number of aryl methyl sites for hydroxylation is 1. The van der Waals surface area contributed by atoms with Crippen LogP contribution in [0.4, 0.5) is 5.13 Å². The maximum absolute atomic E-state index is 12.0. The summed E-state index contributed by atoms with van der Waals surface area (Å²) in [5.74, 6) is 0.0405. The van der Waals surface area contributed by atoms with Gasteiger partial charge in [0.05, 0.1) is 18.1 Å². The first-order chi connectivity index (χ1) is 8.26. The van der Waals surface area contributed by atoms with Crippen molar-refractivity contribution in [3.8, 4) is 0 Å². The topological polar surface area (TPSA) is 64.1 Å². The molecule has 0 aliphatic carbocycles. The largest absolute Gasteiger partial charge is 0.374 e. The summed E-state index contributed by atoms with van der Waals surface area (Å²) >= 11 is 1.45. The number of amides is 1. The van der Waals surface area contributed by atoms with Crippen LogP contribution in [0.3, 0.4) is 0 Å². The monoisotopic (exact) mass is 253 g/mol. The van der Waals surface area contributed by atoms with Crippen molar-refractivity contribution >= 4 is 22.4 Å². The van der Waals surface area contributed by atoms with Crippen LogP contribution >= 0.6 is 11.3 Å². The summed E-state index contributed by atoms with van der Waals surface area (Å²) in [4.78, 5) is 12.0. The molecule has 1 aromatic heterocycles. The highest BCUT2D eigenvalue weighted by Crippen LogP contribution is 2.39. The number of hydrogen-bond donors (Lipinski definition) is 1. The second-order valence-corrected chi connectivity index (χ2v) is 5.62. The zero-order valence-corrected chi connectivity index (χ0v) is 10.5. The van der Waals surface area contributed by atoms with Gasteiger partial charge in [-0.15, -0.1) is 10.2 Å². The Morgan fingerprint density at radius 3 is 3.00 bits per heavy atom. The van der Waals surface area contributed by atoms with Gasteiger partial charge >= 0.3 is 0 Å². The van der Waals surface area contributed by atoms with Gasteiger partial charge in [-0.25, -0.2) is 0 Å². The van der Waals surface area contributed by atoms with Crippen molar-refractivity contribution in [1.82, 2.24) is 10.2 Å². The molecule has 3 rings (SSSR count). The van der Waals surface area contributed by atoms with Gasteiger partial charge in [0.15, 0.2) is 0 Å². The minimum Gasteiger partial charge on any atom is -0.374 e. The van der Waals surface area contributed by atoms with E-state index in [1.54, 1.807) is 0 Å². The predicted molar refractivity (Wildman–Crippen MR) is 63.9 cm³/mol. The second-order valence-electron chi connectivity index (χ2n) is 4.56. The molecular formula is C11H15N3O2S. The molecule has 6 heteroatoms. The van der Waals surface area contributed by atoms with Crippen LogP contribution in [-0.4, -0.2) is 28.3 Å². The minimum absolute atomic E-state index is 0.00252. The molecule has 2 fully saturated rings. The lowest BCUT2D eigenvalue weighted by Crippen LogP contribution is -2.30. The second kappa shape index (κ2) is 4.34. The van der Waals surface area contributed by atoms with Crippen LogP contribution in [0.5, 0.6) is 0 Å². The van der Waals surface area contributed by atoms with Crippen LogP contribution in [0, 0.1) is 5.92 Å². The highest BCUT2D eigenvalue weighted by Gasteiger charge is 2.44. The van der Waals surface area contributed by atoms with E-state index in [9.17, 15) is 4.79 Å². The van der Waals surface area contributed by atoms with Crippen molar-refractivity contribution in [2.45, 2.75) is 44.8 Å². The van der Waals surface area contributed by atoms with Crippen LogP contribution < -0.4 is 5.32 Å². The van der Waals surface area contributed by atoms with Crippen LogP contribution in [0.15, 0.2) is 0 Å².